The van der Waals surface area contributed by atoms with Crippen LogP contribution in [0, 0.1) is 0 Å². The summed E-state index contributed by atoms with van der Waals surface area (Å²) in [6, 6.07) is 141. The Bertz CT molecular complexity index is 6400. The van der Waals surface area contributed by atoms with Crippen molar-refractivity contribution in [2.75, 3.05) is 14.7 Å². The van der Waals surface area contributed by atoms with Crippen LogP contribution in [0.3, 0.4) is 0 Å². The minimum atomic E-state index is -0.267. The second-order valence-corrected chi connectivity index (χ2v) is 31.7. The summed E-state index contributed by atoms with van der Waals surface area (Å²) in [5.41, 5.74) is 33.9. The third kappa shape index (κ3) is 11.1. The van der Waals surface area contributed by atoms with E-state index in [9.17, 15) is 0 Å². The molecule has 2 aliphatic heterocycles. The first-order valence-electron chi connectivity index (χ1n) is 38.5. The Morgan fingerprint density at radius 1 is 0.245 bits per heavy atom. The van der Waals surface area contributed by atoms with Gasteiger partial charge in [-0.2, -0.15) is 0 Å². The highest BCUT2D eigenvalue weighted by molar-refractivity contribution is 7.00. The maximum absolute atomic E-state index is 2.71. The molecule has 2 aliphatic rings. The lowest BCUT2D eigenvalue weighted by molar-refractivity contribution is 0.590. The summed E-state index contributed by atoms with van der Waals surface area (Å²) in [5, 5.41) is 4.75. The van der Waals surface area contributed by atoms with E-state index >= 15 is 0 Å². The van der Waals surface area contributed by atoms with E-state index in [-0.39, 0.29) is 17.5 Å². The van der Waals surface area contributed by atoms with E-state index in [1.165, 1.54) is 54.6 Å². The summed E-state index contributed by atoms with van der Waals surface area (Å²) < 4.78 is 5.06. The van der Waals surface area contributed by atoms with Crippen LogP contribution >= 0.6 is 0 Å². The van der Waals surface area contributed by atoms with Gasteiger partial charge >= 0.3 is 0 Å². The standard InChI is InChI=1S/C104H80BN5/c1-103(2,3)77-41-31-40-73(59-77)74-52-55-91-97(62-74)110(102-88(71-36-17-9-18-37-71)63-78(104(4,5)6)64-89(102)72-38-19-10-20-39-72)100-68-84(108-93-49-28-25-46-85(93)86-47-26-29-50-94(86)108)67-99-101(100)105(91)92-56-53-82(66-98(92)109(99)83-60-75(69-32-13-7-14-33-69)58-76(61-83)70-34-15-8-16-35-70)107-95-51-30-27-48-87(95)90-65-81(54-57-96(90)107)106(79-42-21-11-22-43-79)80-44-23-12-24-45-80/h7-68H,1-6H3. The Morgan fingerprint density at radius 3 is 1.19 bits per heavy atom. The number of para-hydroxylation sites is 5. The second kappa shape index (κ2) is 26.2. The minimum absolute atomic E-state index is 0.0775. The molecule has 0 saturated carbocycles. The number of rotatable bonds is 12. The van der Waals surface area contributed by atoms with E-state index in [1.807, 2.05) is 0 Å². The maximum Gasteiger partial charge on any atom is 0.252 e. The van der Waals surface area contributed by atoms with Gasteiger partial charge in [0.05, 0.1) is 33.4 Å². The molecule has 0 unspecified atom stereocenters. The van der Waals surface area contributed by atoms with Crippen LogP contribution in [0.5, 0.6) is 0 Å². The quantitative estimate of drug-likeness (QED) is 0.114. The fourth-order valence-electron chi connectivity index (χ4n) is 17.6. The van der Waals surface area contributed by atoms with Crippen LogP contribution < -0.4 is 31.1 Å². The molecule has 18 aromatic rings. The molecule has 16 aromatic carbocycles. The van der Waals surface area contributed by atoms with Crippen LogP contribution in [0.4, 0.5) is 51.2 Å². The average Bonchev–Trinajstić information content (AvgIpc) is 0.749. The van der Waals surface area contributed by atoms with E-state index in [1.54, 1.807) is 0 Å². The van der Waals surface area contributed by atoms with Gasteiger partial charge in [0.1, 0.15) is 0 Å². The summed E-state index contributed by atoms with van der Waals surface area (Å²) in [6.45, 7) is 13.8. The molecule has 0 fully saturated rings. The van der Waals surface area contributed by atoms with Crippen LogP contribution in [0.1, 0.15) is 52.7 Å². The fourth-order valence-corrected chi connectivity index (χ4v) is 17.6. The second-order valence-electron chi connectivity index (χ2n) is 31.7. The summed E-state index contributed by atoms with van der Waals surface area (Å²) in [4.78, 5) is 7.74. The molecule has 5 nitrogen and oxygen atoms in total. The number of nitrogens with zero attached hydrogens (tertiary/aromatic N) is 5. The molecule has 110 heavy (non-hydrogen) atoms. The Hall–Kier alpha value is -13.4. The number of hydrogen-bond acceptors (Lipinski definition) is 3. The zero-order chi connectivity index (χ0) is 73.9. The van der Waals surface area contributed by atoms with Crippen LogP contribution in [0.2, 0.25) is 0 Å². The molecule has 0 radical (unpaired) electrons. The van der Waals surface area contributed by atoms with Gasteiger partial charge in [0.15, 0.2) is 0 Å². The summed E-state index contributed by atoms with van der Waals surface area (Å²) in [6.07, 6.45) is 0. The van der Waals surface area contributed by atoms with Gasteiger partial charge in [0.2, 0.25) is 0 Å². The molecule has 0 amide bonds. The highest BCUT2D eigenvalue weighted by atomic mass is 15.2. The summed E-state index contributed by atoms with van der Waals surface area (Å²) in [5.74, 6) is 0. The van der Waals surface area contributed by atoms with Gasteiger partial charge in [-0.15, -0.1) is 0 Å². The van der Waals surface area contributed by atoms with Crippen LogP contribution in [-0.2, 0) is 10.8 Å². The van der Waals surface area contributed by atoms with E-state index in [4.69, 9.17) is 0 Å². The van der Waals surface area contributed by atoms with Gasteiger partial charge < -0.3 is 23.8 Å². The predicted molar refractivity (Wildman–Crippen MR) is 468 cm³/mol. The van der Waals surface area contributed by atoms with Crippen molar-refractivity contribution in [3.63, 3.8) is 0 Å². The van der Waals surface area contributed by atoms with Crippen molar-refractivity contribution in [2.24, 2.45) is 0 Å². The Balaban J connectivity index is 0.939. The number of benzene rings is 16. The van der Waals surface area contributed by atoms with Gasteiger partial charge in [-0.1, -0.05) is 296 Å². The summed E-state index contributed by atoms with van der Waals surface area (Å²) in [7, 11) is 0. The lowest BCUT2D eigenvalue weighted by Gasteiger charge is -2.45. The monoisotopic (exact) mass is 1410 g/mol. The first-order valence-corrected chi connectivity index (χ1v) is 38.5. The molecule has 0 aliphatic carbocycles. The van der Waals surface area contributed by atoms with Gasteiger partial charge in [-0.3, -0.25) is 0 Å². The van der Waals surface area contributed by atoms with Gasteiger partial charge in [-0.25, -0.2) is 0 Å². The molecule has 0 bridgehead atoms. The van der Waals surface area contributed by atoms with Crippen molar-refractivity contribution in [3.05, 3.63) is 387 Å². The zero-order valence-electron chi connectivity index (χ0n) is 62.6. The predicted octanol–water partition coefficient (Wildman–Crippen LogP) is 26.4. The van der Waals surface area contributed by atoms with Crippen molar-refractivity contribution >= 4 is 118 Å². The van der Waals surface area contributed by atoms with Crippen molar-refractivity contribution in [1.29, 1.82) is 0 Å². The molecule has 524 valence electrons. The highest BCUT2D eigenvalue weighted by Gasteiger charge is 2.46. The van der Waals surface area contributed by atoms with Crippen molar-refractivity contribution in [1.82, 2.24) is 9.13 Å². The fraction of sp³-hybridized carbons (Fsp3) is 0.0769. The minimum Gasteiger partial charge on any atom is -0.311 e. The van der Waals surface area contributed by atoms with Crippen molar-refractivity contribution in [3.8, 4) is 67.0 Å². The van der Waals surface area contributed by atoms with Crippen molar-refractivity contribution < 1.29 is 0 Å². The number of fused-ring (bicyclic) bond motifs is 10. The topological polar surface area (TPSA) is 19.6 Å². The van der Waals surface area contributed by atoms with Gasteiger partial charge in [-0.05, 0) is 204 Å². The lowest BCUT2D eigenvalue weighted by atomic mass is 9.33. The Morgan fingerprint density at radius 2 is 0.664 bits per heavy atom. The normalized spacial score (nSPS) is 12.6. The first kappa shape index (κ1) is 66.1. The van der Waals surface area contributed by atoms with E-state index < -0.39 is 0 Å². The van der Waals surface area contributed by atoms with Gasteiger partial charge in [0.25, 0.3) is 6.71 Å². The Kier molecular flexibility index (Phi) is 15.7. The number of anilines is 9. The van der Waals surface area contributed by atoms with Crippen LogP contribution in [0.25, 0.3) is 111 Å². The smallest absolute Gasteiger partial charge is 0.252 e. The third-order valence-corrected chi connectivity index (χ3v) is 22.9. The number of aromatic nitrogens is 2. The molecule has 0 atom stereocenters. The maximum atomic E-state index is 2.71. The Labute approximate surface area is 644 Å². The lowest BCUT2D eigenvalue weighted by Crippen LogP contribution is -2.61. The van der Waals surface area contributed by atoms with E-state index in [2.05, 4.69) is 441 Å². The molecular formula is C104H80BN5. The molecule has 2 aromatic heterocycles. The summed E-state index contributed by atoms with van der Waals surface area (Å²) >= 11 is 0. The highest BCUT2D eigenvalue weighted by Crippen LogP contribution is 2.54. The molecule has 0 spiro atoms. The van der Waals surface area contributed by atoms with Crippen LogP contribution in [0.15, 0.2) is 376 Å². The molecule has 0 saturated heterocycles. The van der Waals surface area contributed by atoms with Gasteiger partial charge in [0, 0.05) is 83.9 Å². The third-order valence-electron chi connectivity index (χ3n) is 22.9. The van der Waals surface area contributed by atoms with E-state index in [0.29, 0.717) is 0 Å². The molecule has 6 heteroatoms. The van der Waals surface area contributed by atoms with Crippen molar-refractivity contribution in [2.45, 2.75) is 52.4 Å². The largest absolute Gasteiger partial charge is 0.311 e. The molecular weight excluding hydrogens is 1330 g/mol. The van der Waals surface area contributed by atoms with Crippen LogP contribution in [-0.4, -0.2) is 15.8 Å². The molecule has 0 N–H and O–H groups in total. The average molecular weight is 1410 g/mol. The number of hydrogen-bond donors (Lipinski definition) is 0. The zero-order valence-corrected chi connectivity index (χ0v) is 62.6. The van der Waals surface area contributed by atoms with E-state index in [0.717, 1.165) is 135 Å². The molecule has 20 rings (SSSR count). The SMILES string of the molecule is CC(C)(C)c1cccc(-c2ccc3c(c2)N(c2c(-c4ccccc4)cc(C(C)(C)C)cc2-c2ccccc2)c2cc(-n4c5ccccc5c5ccccc54)cc4c2B3c2ccc(-n3c5ccccc5c5cc(N(c6ccccc6)c6ccccc6)ccc53)cc2N4c2cc(-c3ccccc3)cc(-c3ccccc3)c2)c1. The molecule has 4 heterocycles. The first-order chi connectivity index (χ1) is 53.8.